The number of ether oxygens (including phenoxy) is 1. The predicted octanol–water partition coefficient (Wildman–Crippen LogP) is 6.38. The van der Waals surface area contributed by atoms with Crippen LogP contribution in [0.25, 0.3) is 10.9 Å². The highest BCUT2D eigenvalue weighted by Crippen LogP contribution is 2.26. The number of aryl methyl sites for hydroxylation is 1. The van der Waals surface area contributed by atoms with E-state index in [4.69, 9.17) is 4.74 Å². The number of aromatic nitrogens is 1. The molecule has 1 N–H and O–H groups in total. The summed E-state index contributed by atoms with van der Waals surface area (Å²) in [7, 11) is 0. The number of benzene rings is 3. The van der Waals surface area contributed by atoms with Crippen LogP contribution in [0, 0.1) is 6.92 Å². The van der Waals surface area contributed by atoms with Gasteiger partial charge in [-0.3, -0.25) is 9.59 Å². The molecule has 0 atom stereocenters. The van der Waals surface area contributed by atoms with Gasteiger partial charge in [-0.05, 0) is 84.3 Å². The minimum atomic E-state index is -0.199. The highest BCUT2D eigenvalue weighted by atomic mass is 16.5. The van der Waals surface area contributed by atoms with Crippen molar-refractivity contribution in [1.29, 1.82) is 0 Å². The molecule has 0 aliphatic rings. The lowest BCUT2D eigenvalue weighted by Crippen LogP contribution is -2.33. The standard InChI is InChI=1S/C30H32N2O3/c1-6-35-26-15-13-25(14-16-26)32(29(34)21-9-11-24(12-10-21)30(3,4)5)19-23-18-22-8-7-20(2)17-27(22)31-28(23)33/h7-18H,6,19H2,1-5H3,(H,31,33). The molecule has 5 heteroatoms. The van der Waals surface area contributed by atoms with Crippen LogP contribution in [0.1, 0.15) is 54.7 Å². The van der Waals surface area contributed by atoms with Gasteiger partial charge in [0.15, 0.2) is 0 Å². The lowest BCUT2D eigenvalue weighted by molar-refractivity contribution is 0.0985. The Morgan fingerprint density at radius 3 is 2.26 bits per heavy atom. The minimum absolute atomic E-state index is 0.00683. The molecular weight excluding hydrogens is 436 g/mol. The van der Waals surface area contributed by atoms with Gasteiger partial charge in [-0.2, -0.15) is 0 Å². The molecule has 4 rings (SSSR count). The van der Waals surface area contributed by atoms with Gasteiger partial charge in [0, 0.05) is 22.3 Å². The van der Waals surface area contributed by atoms with E-state index in [0.717, 1.165) is 27.8 Å². The van der Waals surface area contributed by atoms with E-state index in [1.165, 1.54) is 0 Å². The van der Waals surface area contributed by atoms with E-state index in [1.807, 2.05) is 86.6 Å². The van der Waals surface area contributed by atoms with E-state index in [-0.39, 0.29) is 23.4 Å². The Kier molecular flexibility index (Phi) is 6.79. The molecule has 3 aromatic carbocycles. The Morgan fingerprint density at radius 2 is 1.63 bits per heavy atom. The number of pyridine rings is 1. The third kappa shape index (κ3) is 5.46. The molecule has 0 unspecified atom stereocenters. The third-order valence-electron chi connectivity index (χ3n) is 6.11. The van der Waals surface area contributed by atoms with Gasteiger partial charge in [0.1, 0.15) is 5.75 Å². The Balaban J connectivity index is 1.74. The van der Waals surface area contributed by atoms with Gasteiger partial charge >= 0.3 is 0 Å². The number of anilines is 1. The molecule has 0 bridgehead atoms. The lowest BCUT2D eigenvalue weighted by Gasteiger charge is -2.24. The van der Waals surface area contributed by atoms with Crippen molar-refractivity contribution in [3.63, 3.8) is 0 Å². The van der Waals surface area contributed by atoms with E-state index < -0.39 is 0 Å². The molecule has 35 heavy (non-hydrogen) atoms. The normalized spacial score (nSPS) is 11.5. The first-order valence-corrected chi connectivity index (χ1v) is 11.9. The molecule has 0 aliphatic heterocycles. The van der Waals surface area contributed by atoms with Crippen molar-refractivity contribution in [2.75, 3.05) is 11.5 Å². The summed E-state index contributed by atoms with van der Waals surface area (Å²) in [5, 5.41) is 0.929. The van der Waals surface area contributed by atoms with Crippen molar-refractivity contribution in [2.45, 2.75) is 46.6 Å². The van der Waals surface area contributed by atoms with Gasteiger partial charge < -0.3 is 14.6 Å². The SMILES string of the molecule is CCOc1ccc(N(Cc2cc3ccc(C)cc3[nH]c2=O)C(=O)c2ccc(C(C)(C)C)cc2)cc1. The van der Waals surface area contributed by atoms with Gasteiger partial charge in [-0.25, -0.2) is 0 Å². The number of hydrogen-bond acceptors (Lipinski definition) is 3. The zero-order valence-electron chi connectivity index (χ0n) is 21.0. The van der Waals surface area contributed by atoms with Crippen molar-refractivity contribution >= 4 is 22.5 Å². The van der Waals surface area contributed by atoms with E-state index in [1.54, 1.807) is 4.90 Å². The molecule has 0 saturated heterocycles. The summed E-state index contributed by atoms with van der Waals surface area (Å²) in [6.07, 6.45) is 0. The van der Waals surface area contributed by atoms with Gasteiger partial charge in [-0.15, -0.1) is 0 Å². The molecule has 1 amide bonds. The van der Waals surface area contributed by atoms with Crippen molar-refractivity contribution in [2.24, 2.45) is 0 Å². The molecule has 5 nitrogen and oxygen atoms in total. The van der Waals surface area contributed by atoms with E-state index in [9.17, 15) is 9.59 Å². The van der Waals surface area contributed by atoms with Gasteiger partial charge in [0.2, 0.25) is 0 Å². The van der Waals surface area contributed by atoms with Crippen LogP contribution < -0.4 is 15.2 Å². The summed E-state index contributed by atoms with van der Waals surface area (Å²) in [6.45, 7) is 11.1. The minimum Gasteiger partial charge on any atom is -0.494 e. The fourth-order valence-corrected chi connectivity index (χ4v) is 4.09. The molecule has 0 radical (unpaired) electrons. The number of nitrogens with one attached hydrogen (secondary N) is 1. The molecule has 0 fully saturated rings. The Labute approximate surface area is 206 Å². The number of amides is 1. The molecule has 0 aliphatic carbocycles. The van der Waals surface area contributed by atoms with Gasteiger partial charge in [-0.1, -0.05) is 45.0 Å². The lowest BCUT2D eigenvalue weighted by atomic mass is 9.86. The number of hydrogen-bond donors (Lipinski definition) is 1. The monoisotopic (exact) mass is 468 g/mol. The number of carbonyl (C=O) groups is 1. The van der Waals surface area contributed by atoms with Crippen molar-refractivity contribution in [1.82, 2.24) is 4.98 Å². The van der Waals surface area contributed by atoms with Crippen LogP contribution in [0.3, 0.4) is 0 Å². The molecule has 1 heterocycles. The average molecular weight is 469 g/mol. The number of nitrogens with zero attached hydrogens (tertiary/aromatic N) is 1. The predicted molar refractivity (Wildman–Crippen MR) is 143 cm³/mol. The van der Waals surface area contributed by atoms with E-state index in [2.05, 4.69) is 25.8 Å². The molecular formula is C30H32N2O3. The number of carbonyl (C=O) groups excluding carboxylic acids is 1. The van der Waals surface area contributed by atoms with Crippen LogP contribution in [0.5, 0.6) is 5.75 Å². The maximum absolute atomic E-state index is 13.7. The maximum Gasteiger partial charge on any atom is 0.258 e. The first-order chi connectivity index (χ1) is 16.7. The summed E-state index contributed by atoms with van der Waals surface area (Å²) in [5.41, 5.74) is 4.60. The van der Waals surface area contributed by atoms with Crippen LogP contribution in [-0.4, -0.2) is 17.5 Å². The average Bonchev–Trinajstić information content (AvgIpc) is 2.83. The second-order valence-electron chi connectivity index (χ2n) is 9.86. The number of rotatable bonds is 6. The summed E-state index contributed by atoms with van der Waals surface area (Å²) in [5.74, 6) is 0.565. The zero-order chi connectivity index (χ0) is 25.2. The van der Waals surface area contributed by atoms with E-state index >= 15 is 0 Å². The maximum atomic E-state index is 13.7. The summed E-state index contributed by atoms with van der Waals surface area (Å²) < 4.78 is 5.57. The molecule has 180 valence electrons. The quantitative estimate of drug-likeness (QED) is 0.357. The number of H-pyrrole nitrogens is 1. The second-order valence-corrected chi connectivity index (χ2v) is 9.86. The van der Waals surface area contributed by atoms with Crippen LogP contribution in [0.4, 0.5) is 5.69 Å². The first-order valence-electron chi connectivity index (χ1n) is 11.9. The molecule has 4 aromatic rings. The molecule has 0 saturated carbocycles. The summed E-state index contributed by atoms with van der Waals surface area (Å²) >= 11 is 0. The summed E-state index contributed by atoms with van der Waals surface area (Å²) in [4.78, 5) is 31.3. The van der Waals surface area contributed by atoms with Crippen LogP contribution in [-0.2, 0) is 12.0 Å². The van der Waals surface area contributed by atoms with Crippen molar-refractivity contribution in [3.8, 4) is 5.75 Å². The van der Waals surface area contributed by atoms with E-state index in [0.29, 0.717) is 23.4 Å². The smallest absolute Gasteiger partial charge is 0.258 e. The largest absolute Gasteiger partial charge is 0.494 e. The second kappa shape index (κ2) is 9.79. The van der Waals surface area contributed by atoms with Crippen molar-refractivity contribution < 1.29 is 9.53 Å². The molecule has 0 spiro atoms. The topological polar surface area (TPSA) is 62.4 Å². The number of fused-ring (bicyclic) bond motifs is 1. The van der Waals surface area contributed by atoms with Crippen molar-refractivity contribution in [3.05, 3.63) is 105 Å². The fourth-order valence-electron chi connectivity index (χ4n) is 4.09. The highest BCUT2D eigenvalue weighted by molar-refractivity contribution is 6.06. The third-order valence-corrected chi connectivity index (χ3v) is 6.11. The van der Waals surface area contributed by atoms with Gasteiger partial charge in [0.05, 0.1) is 13.2 Å². The van der Waals surface area contributed by atoms with Crippen LogP contribution in [0.2, 0.25) is 0 Å². The first kappa shape index (κ1) is 24.3. The number of aromatic amines is 1. The van der Waals surface area contributed by atoms with Crippen LogP contribution in [0.15, 0.2) is 77.6 Å². The highest BCUT2D eigenvalue weighted by Gasteiger charge is 2.21. The summed E-state index contributed by atoms with van der Waals surface area (Å²) in [6, 6.07) is 22.9. The Hall–Kier alpha value is -3.86. The Bertz CT molecular complexity index is 1400. The molecule has 1 aromatic heterocycles. The fraction of sp³-hybridized carbons (Fsp3) is 0.267. The van der Waals surface area contributed by atoms with Crippen LogP contribution >= 0.6 is 0 Å². The van der Waals surface area contributed by atoms with Gasteiger partial charge in [0.25, 0.3) is 11.5 Å². The Morgan fingerprint density at radius 1 is 0.943 bits per heavy atom. The zero-order valence-corrected chi connectivity index (χ0v) is 21.0.